The molecule has 1 heterocycles. The van der Waals surface area contributed by atoms with Crippen molar-refractivity contribution in [3.05, 3.63) is 18.2 Å². The first-order valence-electron chi connectivity index (χ1n) is 9.13. The minimum absolute atomic E-state index is 0.319. The lowest BCUT2D eigenvalue weighted by atomic mass is 10.0. The van der Waals surface area contributed by atoms with E-state index in [4.69, 9.17) is 4.74 Å². The Hall–Kier alpha value is -1.56. The van der Waals surface area contributed by atoms with Gasteiger partial charge in [0.15, 0.2) is 0 Å². The molecule has 1 aromatic rings. The minimum Gasteiger partial charge on any atom is -0.444 e. The molecule has 2 saturated carbocycles. The second-order valence-electron chi connectivity index (χ2n) is 8.08. The molecule has 6 nitrogen and oxygen atoms in total. The van der Waals surface area contributed by atoms with Crippen molar-refractivity contribution < 1.29 is 9.53 Å². The molecule has 1 amide bonds. The number of ether oxygens (including phenoxy) is 1. The van der Waals surface area contributed by atoms with Gasteiger partial charge in [-0.3, -0.25) is 0 Å². The number of carbonyl (C=O) groups is 1. The van der Waals surface area contributed by atoms with E-state index >= 15 is 0 Å². The van der Waals surface area contributed by atoms with Gasteiger partial charge in [0.05, 0.1) is 12.0 Å². The van der Waals surface area contributed by atoms with Crippen LogP contribution in [-0.4, -0.2) is 33.8 Å². The summed E-state index contributed by atoms with van der Waals surface area (Å²) in [6.07, 6.45) is 9.66. The predicted molar refractivity (Wildman–Crippen MR) is 92.7 cm³/mol. The molecular formula is C18H30N4O2. The molecule has 0 spiro atoms. The third-order valence-electron chi connectivity index (χ3n) is 4.80. The monoisotopic (exact) mass is 334 g/mol. The van der Waals surface area contributed by atoms with Crippen molar-refractivity contribution in [1.29, 1.82) is 0 Å². The SMILES string of the molecule is CC(C)(C)OC(=O)NCC1CCCC1NCc1cncn1C1CC1. The van der Waals surface area contributed by atoms with Crippen LogP contribution in [-0.2, 0) is 11.3 Å². The fraction of sp³-hybridized carbons (Fsp3) is 0.778. The summed E-state index contributed by atoms with van der Waals surface area (Å²) in [5.41, 5.74) is 0.821. The van der Waals surface area contributed by atoms with Crippen LogP contribution in [0.5, 0.6) is 0 Å². The molecule has 134 valence electrons. The second kappa shape index (κ2) is 7.13. The highest BCUT2D eigenvalue weighted by molar-refractivity contribution is 5.67. The summed E-state index contributed by atoms with van der Waals surface area (Å²) in [5.74, 6) is 0.467. The first kappa shape index (κ1) is 17.3. The average molecular weight is 334 g/mol. The van der Waals surface area contributed by atoms with Gasteiger partial charge in [-0.25, -0.2) is 9.78 Å². The molecule has 2 fully saturated rings. The number of rotatable bonds is 6. The number of hydrogen-bond donors (Lipinski definition) is 2. The van der Waals surface area contributed by atoms with Gasteiger partial charge in [-0.2, -0.15) is 0 Å². The van der Waals surface area contributed by atoms with Gasteiger partial charge in [0.1, 0.15) is 5.60 Å². The third kappa shape index (κ3) is 4.72. The molecule has 0 radical (unpaired) electrons. The van der Waals surface area contributed by atoms with Crippen LogP contribution >= 0.6 is 0 Å². The van der Waals surface area contributed by atoms with E-state index in [-0.39, 0.29) is 6.09 Å². The first-order chi connectivity index (χ1) is 11.4. The Morgan fingerprint density at radius 3 is 2.83 bits per heavy atom. The lowest BCUT2D eigenvalue weighted by molar-refractivity contribution is 0.0517. The van der Waals surface area contributed by atoms with Gasteiger partial charge in [-0.15, -0.1) is 0 Å². The van der Waals surface area contributed by atoms with Gasteiger partial charge < -0.3 is 19.9 Å². The Bertz CT molecular complexity index is 560. The predicted octanol–water partition coefficient (Wildman–Crippen LogP) is 3.00. The highest BCUT2D eigenvalue weighted by Gasteiger charge is 2.29. The van der Waals surface area contributed by atoms with Crippen molar-refractivity contribution in [3.63, 3.8) is 0 Å². The van der Waals surface area contributed by atoms with Gasteiger partial charge in [0, 0.05) is 31.4 Å². The van der Waals surface area contributed by atoms with Crippen molar-refractivity contribution in [2.45, 2.75) is 77.1 Å². The molecule has 1 aromatic heterocycles. The maximum absolute atomic E-state index is 11.8. The number of imidazole rings is 1. The number of nitrogens with one attached hydrogen (secondary N) is 2. The molecule has 2 atom stereocenters. The number of alkyl carbamates (subject to hydrolysis) is 1. The van der Waals surface area contributed by atoms with Crippen LogP contribution < -0.4 is 10.6 Å². The summed E-state index contributed by atoms with van der Waals surface area (Å²) in [5, 5.41) is 6.60. The molecule has 0 aliphatic heterocycles. The van der Waals surface area contributed by atoms with Crippen LogP contribution in [0.1, 0.15) is 64.6 Å². The maximum Gasteiger partial charge on any atom is 0.407 e. The molecule has 2 aliphatic carbocycles. The van der Waals surface area contributed by atoms with Gasteiger partial charge >= 0.3 is 6.09 Å². The molecule has 2 unspecified atom stereocenters. The number of carbonyl (C=O) groups excluding carboxylic acids is 1. The highest BCUT2D eigenvalue weighted by Crippen LogP contribution is 2.35. The summed E-state index contributed by atoms with van der Waals surface area (Å²) in [6.45, 7) is 7.18. The van der Waals surface area contributed by atoms with E-state index in [0.29, 0.717) is 24.5 Å². The van der Waals surface area contributed by atoms with Crippen LogP contribution in [0.3, 0.4) is 0 Å². The number of hydrogen-bond acceptors (Lipinski definition) is 4. The average Bonchev–Trinajstić information content (AvgIpc) is 3.06. The second-order valence-corrected chi connectivity index (χ2v) is 8.08. The summed E-state index contributed by atoms with van der Waals surface area (Å²) in [4.78, 5) is 16.1. The first-order valence-corrected chi connectivity index (χ1v) is 9.13. The molecular weight excluding hydrogens is 304 g/mol. The summed E-state index contributed by atoms with van der Waals surface area (Å²) >= 11 is 0. The van der Waals surface area contributed by atoms with Crippen molar-refractivity contribution in [3.8, 4) is 0 Å². The van der Waals surface area contributed by atoms with Crippen molar-refractivity contribution in [2.75, 3.05) is 6.54 Å². The molecule has 0 bridgehead atoms. The number of amides is 1. The molecule has 3 rings (SSSR count). The largest absolute Gasteiger partial charge is 0.444 e. The van der Waals surface area contributed by atoms with Crippen molar-refractivity contribution in [1.82, 2.24) is 20.2 Å². The molecule has 2 N–H and O–H groups in total. The molecule has 0 saturated heterocycles. The normalized spacial score (nSPS) is 24.1. The smallest absolute Gasteiger partial charge is 0.407 e. The fourth-order valence-electron chi connectivity index (χ4n) is 3.46. The maximum atomic E-state index is 11.8. The van der Waals surface area contributed by atoms with Crippen LogP contribution in [0.4, 0.5) is 4.79 Å². The van der Waals surface area contributed by atoms with Gasteiger partial charge in [-0.1, -0.05) is 6.42 Å². The van der Waals surface area contributed by atoms with Crippen molar-refractivity contribution >= 4 is 6.09 Å². The Kier molecular flexibility index (Phi) is 5.13. The summed E-state index contributed by atoms with van der Waals surface area (Å²) in [6, 6.07) is 1.11. The van der Waals surface area contributed by atoms with Crippen molar-refractivity contribution in [2.24, 2.45) is 5.92 Å². The minimum atomic E-state index is -0.446. The fourth-order valence-corrected chi connectivity index (χ4v) is 3.46. The van der Waals surface area contributed by atoms with E-state index in [9.17, 15) is 4.79 Å². The molecule has 6 heteroatoms. The van der Waals surface area contributed by atoms with Gasteiger partial charge in [0.2, 0.25) is 0 Å². The molecule has 24 heavy (non-hydrogen) atoms. The van der Waals surface area contributed by atoms with E-state index in [0.717, 1.165) is 19.4 Å². The Balaban J connectivity index is 1.45. The highest BCUT2D eigenvalue weighted by atomic mass is 16.6. The molecule has 2 aliphatic rings. The van der Waals surface area contributed by atoms with Crippen LogP contribution in [0.2, 0.25) is 0 Å². The van der Waals surface area contributed by atoms with Gasteiger partial charge in [-0.05, 0) is 52.4 Å². The molecule has 0 aromatic carbocycles. The quantitative estimate of drug-likeness (QED) is 0.839. The number of nitrogens with zero attached hydrogens (tertiary/aromatic N) is 2. The van der Waals surface area contributed by atoms with E-state index in [1.165, 1.54) is 25.0 Å². The summed E-state index contributed by atoms with van der Waals surface area (Å²) < 4.78 is 7.62. The number of aromatic nitrogens is 2. The Morgan fingerprint density at radius 2 is 2.12 bits per heavy atom. The zero-order valence-corrected chi connectivity index (χ0v) is 15.0. The lowest BCUT2D eigenvalue weighted by Crippen LogP contribution is -2.41. The van der Waals surface area contributed by atoms with Crippen LogP contribution in [0.15, 0.2) is 12.5 Å². The van der Waals surface area contributed by atoms with E-state index in [2.05, 4.69) is 20.2 Å². The van der Waals surface area contributed by atoms with E-state index in [1.807, 2.05) is 33.3 Å². The lowest BCUT2D eigenvalue weighted by Gasteiger charge is -2.24. The van der Waals surface area contributed by atoms with Gasteiger partial charge in [0.25, 0.3) is 0 Å². The standard InChI is InChI=1S/C18H30N4O2/c1-18(2,3)24-17(23)21-9-13-5-4-6-16(13)20-11-15-10-19-12-22(15)14-7-8-14/h10,12-14,16,20H,4-9,11H2,1-3H3,(H,21,23). The Morgan fingerprint density at radius 1 is 1.33 bits per heavy atom. The topological polar surface area (TPSA) is 68.2 Å². The third-order valence-corrected chi connectivity index (χ3v) is 4.80. The summed E-state index contributed by atoms with van der Waals surface area (Å²) in [7, 11) is 0. The van der Waals surface area contributed by atoms with Crippen LogP contribution in [0, 0.1) is 5.92 Å². The Labute approximate surface area is 144 Å². The zero-order valence-electron chi connectivity index (χ0n) is 15.0. The van der Waals surface area contributed by atoms with E-state index < -0.39 is 5.60 Å². The zero-order chi connectivity index (χ0) is 17.2. The van der Waals surface area contributed by atoms with Crippen LogP contribution in [0.25, 0.3) is 0 Å². The van der Waals surface area contributed by atoms with E-state index in [1.54, 1.807) is 0 Å².